The molecule has 2 atom stereocenters. The van der Waals surface area contributed by atoms with Gasteiger partial charge in [-0.25, -0.2) is 0 Å². The lowest BCUT2D eigenvalue weighted by atomic mass is 9.80. The Labute approximate surface area is 162 Å². The van der Waals surface area contributed by atoms with Gasteiger partial charge in [0.05, 0.1) is 7.11 Å². The molecule has 1 aliphatic carbocycles. The molecule has 2 rings (SSSR count). The Balaban J connectivity index is 0.00000288. The zero-order chi connectivity index (χ0) is 16.8. The number of benzene rings is 1. The Morgan fingerprint density at radius 2 is 1.92 bits per heavy atom. The molecule has 3 N–H and O–H groups in total. The maximum absolute atomic E-state index is 9.95. The number of nitrogens with zero attached hydrogens (tertiary/aromatic N) is 1. The van der Waals surface area contributed by atoms with E-state index in [-0.39, 0.29) is 29.7 Å². The second kappa shape index (κ2) is 9.96. The second-order valence-electron chi connectivity index (χ2n) is 6.68. The highest BCUT2D eigenvalue weighted by Gasteiger charge is 2.24. The number of guanidine groups is 1. The molecule has 1 fully saturated rings. The normalized spacial score (nSPS) is 24.0. The van der Waals surface area contributed by atoms with E-state index < -0.39 is 0 Å². The first-order valence-electron chi connectivity index (χ1n) is 8.34. The van der Waals surface area contributed by atoms with E-state index in [2.05, 4.69) is 29.5 Å². The van der Waals surface area contributed by atoms with Crippen molar-refractivity contribution in [1.29, 1.82) is 0 Å². The summed E-state index contributed by atoms with van der Waals surface area (Å²) in [5, 5.41) is 16.7. The molecule has 24 heavy (non-hydrogen) atoms. The molecule has 0 heterocycles. The Bertz CT molecular complexity index is 541. The van der Waals surface area contributed by atoms with Crippen LogP contribution in [0.5, 0.6) is 11.5 Å². The van der Waals surface area contributed by atoms with Gasteiger partial charge in [0.25, 0.3) is 0 Å². The van der Waals surface area contributed by atoms with Crippen LogP contribution < -0.4 is 15.4 Å². The summed E-state index contributed by atoms with van der Waals surface area (Å²) in [5.41, 5.74) is 0.790. The van der Waals surface area contributed by atoms with Crippen molar-refractivity contribution in [1.82, 2.24) is 10.6 Å². The van der Waals surface area contributed by atoms with Crippen LogP contribution in [-0.4, -0.2) is 31.3 Å². The molecule has 2 unspecified atom stereocenters. The zero-order valence-electron chi connectivity index (χ0n) is 15.0. The van der Waals surface area contributed by atoms with Gasteiger partial charge in [-0.05, 0) is 49.3 Å². The molecule has 6 heteroatoms. The second-order valence-corrected chi connectivity index (χ2v) is 6.68. The number of phenols is 1. The van der Waals surface area contributed by atoms with E-state index in [1.54, 1.807) is 26.3 Å². The monoisotopic (exact) mass is 447 g/mol. The van der Waals surface area contributed by atoms with Gasteiger partial charge in [-0.2, -0.15) is 0 Å². The van der Waals surface area contributed by atoms with Crippen molar-refractivity contribution in [3.63, 3.8) is 0 Å². The molecule has 0 aliphatic heterocycles. The number of rotatable bonds is 4. The summed E-state index contributed by atoms with van der Waals surface area (Å²) in [6, 6.07) is 5.69. The van der Waals surface area contributed by atoms with Crippen LogP contribution in [0.15, 0.2) is 23.2 Å². The van der Waals surface area contributed by atoms with E-state index in [4.69, 9.17) is 4.74 Å². The van der Waals surface area contributed by atoms with Crippen molar-refractivity contribution in [3.8, 4) is 11.5 Å². The van der Waals surface area contributed by atoms with Crippen molar-refractivity contribution in [2.75, 3.05) is 14.2 Å². The van der Waals surface area contributed by atoms with Crippen LogP contribution in [0.25, 0.3) is 0 Å². The van der Waals surface area contributed by atoms with Gasteiger partial charge in [0.2, 0.25) is 0 Å². The zero-order valence-corrected chi connectivity index (χ0v) is 17.3. The molecule has 0 amide bonds. The summed E-state index contributed by atoms with van der Waals surface area (Å²) in [4.78, 5) is 4.30. The van der Waals surface area contributed by atoms with Crippen molar-refractivity contribution < 1.29 is 9.84 Å². The van der Waals surface area contributed by atoms with E-state index in [9.17, 15) is 5.11 Å². The largest absolute Gasteiger partial charge is 0.508 e. The van der Waals surface area contributed by atoms with Gasteiger partial charge < -0.3 is 20.5 Å². The van der Waals surface area contributed by atoms with Gasteiger partial charge in [-0.3, -0.25) is 4.99 Å². The van der Waals surface area contributed by atoms with E-state index >= 15 is 0 Å². The number of methoxy groups -OCH3 is 1. The number of phenolic OH excluding ortho intramolecular Hbond substituents is 1. The predicted octanol–water partition coefficient (Wildman–Crippen LogP) is 3.51. The minimum absolute atomic E-state index is 0. The van der Waals surface area contributed by atoms with E-state index in [0.717, 1.165) is 29.1 Å². The molecule has 1 saturated carbocycles. The van der Waals surface area contributed by atoms with Crippen molar-refractivity contribution >= 4 is 29.9 Å². The minimum atomic E-state index is 0. The number of aromatic hydroxyl groups is 1. The Hall–Kier alpha value is -1.18. The maximum Gasteiger partial charge on any atom is 0.191 e. The number of halogens is 1. The molecule has 1 aromatic carbocycles. The van der Waals surface area contributed by atoms with Gasteiger partial charge >= 0.3 is 0 Å². The summed E-state index contributed by atoms with van der Waals surface area (Å²) in [7, 11) is 3.39. The molecular weight excluding hydrogens is 417 g/mol. The van der Waals surface area contributed by atoms with E-state index in [1.165, 1.54) is 19.3 Å². The van der Waals surface area contributed by atoms with Gasteiger partial charge in [0.15, 0.2) is 5.96 Å². The first-order valence-corrected chi connectivity index (χ1v) is 8.34. The Morgan fingerprint density at radius 1 is 1.25 bits per heavy atom. The Kier molecular flexibility index (Phi) is 8.66. The molecule has 1 aliphatic rings. The van der Waals surface area contributed by atoms with E-state index in [1.807, 2.05) is 6.07 Å². The number of nitrogens with one attached hydrogen (secondary N) is 2. The third kappa shape index (κ3) is 6.03. The van der Waals surface area contributed by atoms with Crippen LogP contribution in [0.1, 0.15) is 38.7 Å². The van der Waals surface area contributed by atoms with Crippen molar-refractivity contribution in [3.05, 3.63) is 23.8 Å². The highest BCUT2D eigenvalue weighted by atomic mass is 127. The third-order valence-corrected chi connectivity index (χ3v) is 4.48. The lowest BCUT2D eigenvalue weighted by Crippen LogP contribution is -2.45. The minimum Gasteiger partial charge on any atom is -0.508 e. The summed E-state index contributed by atoms with van der Waals surface area (Å²) >= 11 is 0. The van der Waals surface area contributed by atoms with Crippen LogP contribution in [-0.2, 0) is 6.54 Å². The van der Waals surface area contributed by atoms with Gasteiger partial charge in [0.1, 0.15) is 11.5 Å². The quantitative estimate of drug-likeness (QED) is 0.376. The van der Waals surface area contributed by atoms with Crippen LogP contribution in [0.3, 0.4) is 0 Å². The molecule has 136 valence electrons. The number of hydrogen-bond donors (Lipinski definition) is 3. The number of hydrogen-bond acceptors (Lipinski definition) is 3. The fraction of sp³-hybridized carbons (Fsp3) is 0.611. The van der Waals surface area contributed by atoms with Gasteiger partial charge in [0, 0.05) is 25.2 Å². The van der Waals surface area contributed by atoms with Crippen LogP contribution in [0.4, 0.5) is 0 Å². The molecule has 0 spiro atoms. The standard InChI is InChI=1S/C18H29N3O2.HI/c1-12-7-13(2)9-15(8-12)21-18(19-3)20-11-14-10-16(23-4)5-6-17(14)22;/h5-6,10,12-13,15,22H,7-9,11H2,1-4H3,(H2,19,20,21);1H. The van der Waals surface area contributed by atoms with Crippen molar-refractivity contribution in [2.24, 2.45) is 16.8 Å². The fourth-order valence-electron chi connectivity index (χ4n) is 3.46. The lowest BCUT2D eigenvalue weighted by molar-refractivity contribution is 0.255. The topological polar surface area (TPSA) is 65.9 Å². The molecule has 0 radical (unpaired) electrons. The molecule has 0 saturated heterocycles. The predicted molar refractivity (Wildman–Crippen MR) is 109 cm³/mol. The molecule has 0 bridgehead atoms. The molecule has 0 aromatic heterocycles. The lowest BCUT2D eigenvalue weighted by Gasteiger charge is -2.32. The third-order valence-electron chi connectivity index (χ3n) is 4.48. The van der Waals surface area contributed by atoms with Crippen LogP contribution in [0, 0.1) is 11.8 Å². The average molecular weight is 447 g/mol. The summed E-state index contributed by atoms with van der Waals surface area (Å²) in [5.74, 6) is 3.26. The summed E-state index contributed by atoms with van der Waals surface area (Å²) in [6.45, 7) is 5.13. The summed E-state index contributed by atoms with van der Waals surface area (Å²) < 4.78 is 5.20. The average Bonchev–Trinajstić information content (AvgIpc) is 2.51. The highest BCUT2D eigenvalue weighted by molar-refractivity contribution is 14.0. The van der Waals surface area contributed by atoms with E-state index in [0.29, 0.717) is 12.6 Å². The van der Waals surface area contributed by atoms with Gasteiger partial charge in [-0.1, -0.05) is 13.8 Å². The maximum atomic E-state index is 9.95. The SMILES string of the molecule is CN=C(NCc1cc(OC)ccc1O)NC1CC(C)CC(C)C1.I. The van der Waals surface area contributed by atoms with Crippen LogP contribution >= 0.6 is 24.0 Å². The molecule has 5 nitrogen and oxygen atoms in total. The Morgan fingerprint density at radius 3 is 2.50 bits per heavy atom. The molecular formula is C18H30IN3O2. The van der Waals surface area contributed by atoms with Crippen molar-refractivity contribution in [2.45, 2.75) is 45.7 Å². The number of ether oxygens (including phenoxy) is 1. The first-order chi connectivity index (χ1) is 11.0. The number of aliphatic imine (C=N–C) groups is 1. The fourth-order valence-corrected chi connectivity index (χ4v) is 3.46. The smallest absolute Gasteiger partial charge is 0.191 e. The highest BCUT2D eigenvalue weighted by Crippen LogP contribution is 2.28. The first kappa shape index (κ1) is 20.9. The molecule has 1 aromatic rings. The summed E-state index contributed by atoms with van der Waals surface area (Å²) in [6.07, 6.45) is 3.66. The van der Waals surface area contributed by atoms with Crippen LogP contribution in [0.2, 0.25) is 0 Å². The van der Waals surface area contributed by atoms with Gasteiger partial charge in [-0.15, -0.1) is 24.0 Å².